The first-order chi connectivity index (χ1) is 10.6. The molecule has 6 heteroatoms. The fourth-order valence-electron chi connectivity index (χ4n) is 2.60. The molecule has 0 aromatic heterocycles. The Labute approximate surface area is 142 Å². The summed E-state index contributed by atoms with van der Waals surface area (Å²) in [6.45, 7) is 4.06. The van der Waals surface area contributed by atoms with Gasteiger partial charge >= 0.3 is 0 Å². The fraction of sp³-hybridized carbons (Fsp3) is 0.562. The molecule has 122 valence electrons. The minimum Gasteiger partial charge on any atom is -0.339 e. The van der Waals surface area contributed by atoms with Crippen LogP contribution in [0.15, 0.2) is 24.3 Å². The highest BCUT2D eigenvalue weighted by Crippen LogP contribution is 2.18. The average molecular weight is 342 g/mol. The summed E-state index contributed by atoms with van der Waals surface area (Å²) < 4.78 is 0. The summed E-state index contributed by atoms with van der Waals surface area (Å²) in [5.41, 5.74) is 7.12. The van der Waals surface area contributed by atoms with E-state index in [0.717, 1.165) is 55.5 Å². The molecule has 2 N–H and O–H groups in total. The normalized spacial score (nSPS) is 17.5. The van der Waals surface area contributed by atoms with Crippen molar-refractivity contribution in [3.8, 4) is 0 Å². The summed E-state index contributed by atoms with van der Waals surface area (Å²) in [5, 5.41) is 0.806. The highest BCUT2D eigenvalue weighted by molar-refractivity contribution is 7.98. The second-order valence-electron chi connectivity index (χ2n) is 5.58. The van der Waals surface area contributed by atoms with Crippen molar-refractivity contribution in [3.63, 3.8) is 0 Å². The number of carbonyl (C=O) groups excluding carboxylic acids is 1. The molecule has 0 saturated carbocycles. The lowest BCUT2D eigenvalue weighted by Crippen LogP contribution is -2.53. The second kappa shape index (κ2) is 8.77. The van der Waals surface area contributed by atoms with Crippen molar-refractivity contribution >= 4 is 29.3 Å². The maximum atomic E-state index is 12.3. The Hall–Kier alpha value is -0.750. The number of nitrogens with two attached hydrogens (primary N) is 1. The van der Waals surface area contributed by atoms with Gasteiger partial charge in [-0.1, -0.05) is 29.8 Å². The van der Waals surface area contributed by atoms with Gasteiger partial charge in [-0.3, -0.25) is 9.69 Å². The third kappa shape index (κ3) is 4.88. The van der Waals surface area contributed by atoms with Crippen LogP contribution in [0.25, 0.3) is 0 Å². The number of halogens is 1. The third-order valence-electron chi connectivity index (χ3n) is 3.99. The number of rotatable bonds is 6. The van der Waals surface area contributed by atoms with Gasteiger partial charge in [0, 0.05) is 37.7 Å². The summed E-state index contributed by atoms with van der Waals surface area (Å²) in [7, 11) is 0. The van der Waals surface area contributed by atoms with Gasteiger partial charge in [0.05, 0.1) is 6.04 Å². The number of carbonyl (C=O) groups is 1. The molecule has 1 amide bonds. The molecule has 0 radical (unpaired) electrons. The number of piperazine rings is 1. The highest BCUT2D eigenvalue weighted by Gasteiger charge is 2.25. The van der Waals surface area contributed by atoms with Gasteiger partial charge in [0.25, 0.3) is 0 Å². The summed E-state index contributed by atoms with van der Waals surface area (Å²) >= 11 is 7.93. The van der Waals surface area contributed by atoms with Crippen LogP contribution < -0.4 is 5.73 Å². The minimum atomic E-state index is -0.359. The van der Waals surface area contributed by atoms with Crippen molar-refractivity contribution in [2.75, 3.05) is 38.2 Å². The number of amides is 1. The topological polar surface area (TPSA) is 49.6 Å². The second-order valence-corrected chi connectivity index (χ2v) is 6.97. The Morgan fingerprint density at radius 2 is 2.00 bits per heavy atom. The monoisotopic (exact) mass is 341 g/mol. The molecule has 1 atom stereocenters. The van der Waals surface area contributed by atoms with Crippen molar-refractivity contribution in [1.29, 1.82) is 0 Å². The molecule has 2 rings (SSSR count). The third-order valence-corrected chi connectivity index (χ3v) is 5.00. The van der Waals surface area contributed by atoms with Crippen LogP contribution in [0.3, 0.4) is 0 Å². The molecule has 1 saturated heterocycles. The molecule has 22 heavy (non-hydrogen) atoms. The molecule has 1 aromatic rings. The van der Waals surface area contributed by atoms with E-state index in [2.05, 4.69) is 11.0 Å². The van der Waals surface area contributed by atoms with Gasteiger partial charge in [-0.15, -0.1) is 0 Å². The van der Waals surface area contributed by atoms with Gasteiger partial charge in [-0.25, -0.2) is 0 Å². The minimum absolute atomic E-state index is 0.0893. The van der Waals surface area contributed by atoms with Crippen LogP contribution in [0, 0.1) is 0 Å². The first-order valence-corrected chi connectivity index (χ1v) is 9.38. The summed E-state index contributed by atoms with van der Waals surface area (Å²) in [4.78, 5) is 16.5. The lowest BCUT2D eigenvalue weighted by molar-refractivity contribution is -0.134. The van der Waals surface area contributed by atoms with Crippen molar-refractivity contribution in [2.24, 2.45) is 5.73 Å². The number of hydrogen-bond acceptors (Lipinski definition) is 4. The van der Waals surface area contributed by atoms with E-state index in [1.54, 1.807) is 11.8 Å². The van der Waals surface area contributed by atoms with Gasteiger partial charge in [-0.2, -0.15) is 11.8 Å². The fourth-order valence-corrected chi connectivity index (χ4v) is 3.28. The van der Waals surface area contributed by atoms with Crippen LogP contribution in [-0.2, 0) is 11.3 Å². The van der Waals surface area contributed by atoms with Gasteiger partial charge in [-0.05, 0) is 30.1 Å². The Morgan fingerprint density at radius 1 is 1.32 bits per heavy atom. The Morgan fingerprint density at radius 3 is 2.64 bits per heavy atom. The molecule has 1 aromatic carbocycles. The Kier molecular flexibility index (Phi) is 7.02. The molecular formula is C16H24ClN3OS. The number of benzene rings is 1. The number of hydrogen-bond donors (Lipinski definition) is 1. The smallest absolute Gasteiger partial charge is 0.239 e. The van der Waals surface area contributed by atoms with Gasteiger partial charge in [0.15, 0.2) is 0 Å². The standard InChI is InChI=1S/C16H24ClN3OS/c1-22-11-6-15(18)16(21)20-9-7-19(8-10-20)12-13-4-2-3-5-14(13)17/h2-5,15H,6-12,18H2,1H3/t15-/m0/s1. The molecule has 0 bridgehead atoms. The SMILES string of the molecule is CSCC[C@H](N)C(=O)N1CCN(Cc2ccccc2Cl)CC1. The zero-order valence-electron chi connectivity index (χ0n) is 13.0. The average Bonchev–Trinajstić information content (AvgIpc) is 2.55. The lowest BCUT2D eigenvalue weighted by atomic mass is 10.1. The maximum Gasteiger partial charge on any atom is 0.239 e. The zero-order chi connectivity index (χ0) is 15.9. The zero-order valence-corrected chi connectivity index (χ0v) is 14.6. The van der Waals surface area contributed by atoms with E-state index in [9.17, 15) is 4.79 Å². The van der Waals surface area contributed by atoms with Crippen molar-refractivity contribution in [2.45, 2.75) is 19.0 Å². The van der Waals surface area contributed by atoms with E-state index in [-0.39, 0.29) is 11.9 Å². The molecule has 1 heterocycles. The first kappa shape index (κ1) is 17.6. The molecule has 1 fully saturated rings. The van der Waals surface area contributed by atoms with E-state index in [1.807, 2.05) is 29.4 Å². The van der Waals surface area contributed by atoms with Gasteiger partial charge < -0.3 is 10.6 Å². The lowest BCUT2D eigenvalue weighted by Gasteiger charge is -2.36. The predicted octanol–water partition coefficient (Wildman–Crippen LogP) is 2.06. The summed E-state index contributed by atoms with van der Waals surface area (Å²) in [6.07, 6.45) is 2.78. The molecule has 1 aliphatic heterocycles. The van der Waals surface area contributed by atoms with E-state index in [1.165, 1.54) is 0 Å². The molecule has 1 aliphatic rings. The summed E-state index contributed by atoms with van der Waals surface area (Å²) in [5.74, 6) is 1.02. The molecular weight excluding hydrogens is 318 g/mol. The quantitative estimate of drug-likeness (QED) is 0.860. The van der Waals surface area contributed by atoms with Crippen LogP contribution in [0.5, 0.6) is 0 Å². The number of thioether (sulfide) groups is 1. The van der Waals surface area contributed by atoms with Crippen molar-refractivity contribution in [1.82, 2.24) is 9.80 Å². The van der Waals surface area contributed by atoms with Crippen LogP contribution in [0.2, 0.25) is 5.02 Å². The predicted molar refractivity (Wildman–Crippen MR) is 94.3 cm³/mol. The Bertz CT molecular complexity index is 492. The van der Waals surface area contributed by atoms with E-state index < -0.39 is 0 Å². The van der Waals surface area contributed by atoms with Crippen LogP contribution in [0.1, 0.15) is 12.0 Å². The first-order valence-electron chi connectivity index (χ1n) is 7.61. The van der Waals surface area contributed by atoms with Crippen LogP contribution in [0.4, 0.5) is 0 Å². The van der Waals surface area contributed by atoms with E-state index >= 15 is 0 Å². The van der Waals surface area contributed by atoms with Crippen LogP contribution >= 0.6 is 23.4 Å². The largest absolute Gasteiger partial charge is 0.339 e. The van der Waals surface area contributed by atoms with E-state index in [4.69, 9.17) is 17.3 Å². The van der Waals surface area contributed by atoms with Gasteiger partial charge in [0.2, 0.25) is 5.91 Å². The molecule has 4 nitrogen and oxygen atoms in total. The van der Waals surface area contributed by atoms with Crippen molar-refractivity contribution < 1.29 is 4.79 Å². The molecule has 0 unspecified atom stereocenters. The molecule has 0 spiro atoms. The number of nitrogens with zero attached hydrogens (tertiary/aromatic N) is 2. The molecule has 0 aliphatic carbocycles. The van der Waals surface area contributed by atoms with Crippen LogP contribution in [-0.4, -0.2) is 59.9 Å². The van der Waals surface area contributed by atoms with Crippen molar-refractivity contribution in [3.05, 3.63) is 34.9 Å². The van der Waals surface area contributed by atoms with Gasteiger partial charge in [0.1, 0.15) is 0 Å². The Balaban J connectivity index is 1.80. The highest BCUT2D eigenvalue weighted by atomic mass is 35.5. The maximum absolute atomic E-state index is 12.3. The summed E-state index contributed by atoms with van der Waals surface area (Å²) in [6, 6.07) is 7.56. The van der Waals surface area contributed by atoms with E-state index in [0.29, 0.717) is 0 Å².